The second-order valence-corrected chi connectivity index (χ2v) is 5.96. The highest BCUT2D eigenvalue weighted by molar-refractivity contribution is 9.10. The van der Waals surface area contributed by atoms with Crippen LogP contribution in [0.2, 0.25) is 0 Å². The lowest BCUT2D eigenvalue weighted by atomic mass is 10.00. The molecule has 0 fully saturated rings. The molecule has 0 saturated heterocycles. The first-order valence-electron chi connectivity index (χ1n) is 6.13. The van der Waals surface area contributed by atoms with Crippen molar-refractivity contribution in [3.63, 3.8) is 0 Å². The van der Waals surface area contributed by atoms with Crippen molar-refractivity contribution < 1.29 is 4.74 Å². The van der Waals surface area contributed by atoms with Crippen LogP contribution < -0.4 is 4.74 Å². The molecule has 19 heavy (non-hydrogen) atoms. The molecule has 2 rings (SSSR count). The number of hydrogen-bond acceptors (Lipinski definition) is 1. The quantitative estimate of drug-likeness (QED) is 0.688. The Morgan fingerprint density at radius 2 is 1.84 bits per heavy atom. The molecule has 0 bridgehead atoms. The van der Waals surface area contributed by atoms with Crippen LogP contribution in [0.3, 0.4) is 0 Å². The van der Waals surface area contributed by atoms with Crippen LogP contribution in [0, 0.1) is 6.92 Å². The van der Waals surface area contributed by atoms with E-state index in [1.807, 2.05) is 30.3 Å². The molecule has 0 aliphatic carbocycles. The summed E-state index contributed by atoms with van der Waals surface area (Å²) in [5.74, 6) is 0.869. The van der Waals surface area contributed by atoms with Crippen LogP contribution in [0.5, 0.6) is 5.75 Å². The number of alkyl halides is 1. The molecule has 0 aliphatic heterocycles. The second-order valence-electron chi connectivity index (χ2n) is 4.52. The van der Waals surface area contributed by atoms with Gasteiger partial charge >= 0.3 is 0 Å². The lowest BCUT2D eigenvalue weighted by Crippen LogP contribution is -1.99. The number of hydrogen-bond donors (Lipinski definition) is 0. The van der Waals surface area contributed by atoms with E-state index >= 15 is 0 Å². The van der Waals surface area contributed by atoms with Crippen molar-refractivity contribution in [1.82, 2.24) is 0 Å². The van der Waals surface area contributed by atoms with Crippen LogP contribution in [0.25, 0.3) is 0 Å². The Bertz CT molecular complexity index is 551. The third-order valence-electron chi connectivity index (χ3n) is 3.14. The van der Waals surface area contributed by atoms with Crippen molar-refractivity contribution in [2.24, 2.45) is 0 Å². The van der Waals surface area contributed by atoms with Crippen molar-refractivity contribution >= 4 is 27.5 Å². The van der Waals surface area contributed by atoms with Crippen LogP contribution in [-0.2, 0) is 6.42 Å². The lowest BCUT2D eigenvalue weighted by molar-refractivity contribution is 0.414. The van der Waals surface area contributed by atoms with Gasteiger partial charge < -0.3 is 4.74 Å². The number of aryl methyl sites for hydroxylation is 1. The highest BCUT2D eigenvalue weighted by atomic mass is 79.9. The summed E-state index contributed by atoms with van der Waals surface area (Å²) in [5, 5.41) is -0.0212. The first kappa shape index (κ1) is 14.4. The van der Waals surface area contributed by atoms with E-state index in [2.05, 4.69) is 35.0 Å². The maximum atomic E-state index is 6.53. The Hall–Kier alpha value is -0.990. The van der Waals surface area contributed by atoms with Gasteiger partial charge in [0.15, 0.2) is 0 Å². The van der Waals surface area contributed by atoms with Crippen LogP contribution in [-0.4, -0.2) is 7.11 Å². The Kier molecular flexibility index (Phi) is 4.89. The fourth-order valence-electron chi connectivity index (χ4n) is 2.06. The monoisotopic (exact) mass is 338 g/mol. The van der Waals surface area contributed by atoms with E-state index in [1.54, 1.807) is 7.11 Å². The third-order valence-corrected chi connectivity index (χ3v) is 4.06. The van der Waals surface area contributed by atoms with E-state index in [0.29, 0.717) is 0 Å². The standard InChI is InChI=1S/C16H16BrClO/c1-11-9-14(19-2)7-8-15(11)16(18)10-12-3-5-13(17)6-4-12/h3-9,16H,10H2,1-2H3. The number of rotatable bonds is 4. The minimum absolute atomic E-state index is 0.0212. The van der Waals surface area contributed by atoms with Gasteiger partial charge in [-0.3, -0.25) is 0 Å². The number of halogens is 2. The zero-order valence-electron chi connectivity index (χ0n) is 11.0. The predicted octanol–water partition coefficient (Wildman–Crippen LogP) is 5.29. The summed E-state index contributed by atoms with van der Waals surface area (Å²) in [6.07, 6.45) is 0.821. The number of benzene rings is 2. The van der Waals surface area contributed by atoms with Gasteiger partial charge in [-0.15, -0.1) is 11.6 Å². The van der Waals surface area contributed by atoms with Crippen LogP contribution in [0.15, 0.2) is 46.9 Å². The average molecular weight is 340 g/mol. The summed E-state index contributed by atoms with van der Waals surface area (Å²) < 4.78 is 6.30. The molecule has 1 unspecified atom stereocenters. The van der Waals surface area contributed by atoms with Gasteiger partial charge in [-0.25, -0.2) is 0 Å². The lowest BCUT2D eigenvalue weighted by Gasteiger charge is -2.14. The summed E-state index contributed by atoms with van der Waals surface area (Å²) in [5.41, 5.74) is 3.56. The summed E-state index contributed by atoms with van der Waals surface area (Å²) >= 11 is 9.97. The minimum Gasteiger partial charge on any atom is -0.497 e. The molecule has 2 aromatic rings. The first-order chi connectivity index (χ1) is 9.10. The third kappa shape index (κ3) is 3.74. The Balaban J connectivity index is 2.15. The van der Waals surface area contributed by atoms with Gasteiger partial charge in [0.2, 0.25) is 0 Å². The van der Waals surface area contributed by atoms with Crippen molar-refractivity contribution in [1.29, 1.82) is 0 Å². The summed E-state index contributed by atoms with van der Waals surface area (Å²) in [4.78, 5) is 0. The predicted molar refractivity (Wildman–Crippen MR) is 84.2 cm³/mol. The van der Waals surface area contributed by atoms with E-state index in [4.69, 9.17) is 16.3 Å². The molecule has 0 heterocycles. The normalized spacial score (nSPS) is 12.2. The molecule has 0 aromatic heterocycles. The van der Waals surface area contributed by atoms with Gasteiger partial charge in [-0.2, -0.15) is 0 Å². The fraction of sp³-hybridized carbons (Fsp3) is 0.250. The van der Waals surface area contributed by atoms with Crippen molar-refractivity contribution in [3.8, 4) is 5.75 Å². The molecule has 0 spiro atoms. The molecule has 0 saturated carbocycles. The van der Waals surface area contributed by atoms with E-state index in [-0.39, 0.29) is 5.38 Å². The van der Waals surface area contributed by atoms with Gasteiger partial charge in [0.25, 0.3) is 0 Å². The van der Waals surface area contributed by atoms with E-state index in [0.717, 1.165) is 27.8 Å². The molecule has 1 atom stereocenters. The maximum Gasteiger partial charge on any atom is 0.119 e. The fourth-order valence-corrected chi connectivity index (χ4v) is 2.75. The smallest absolute Gasteiger partial charge is 0.119 e. The SMILES string of the molecule is COc1ccc(C(Cl)Cc2ccc(Br)cc2)c(C)c1. The zero-order chi connectivity index (χ0) is 13.8. The molecule has 1 nitrogen and oxygen atoms in total. The van der Waals surface area contributed by atoms with Gasteiger partial charge in [0.05, 0.1) is 12.5 Å². The summed E-state index contributed by atoms with van der Waals surface area (Å²) in [6.45, 7) is 2.06. The zero-order valence-corrected chi connectivity index (χ0v) is 13.3. The molecule has 3 heteroatoms. The highest BCUT2D eigenvalue weighted by Gasteiger charge is 2.12. The largest absolute Gasteiger partial charge is 0.497 e. The van der Waals surface area contributed by atoms with Gasteiger partial charge in [0, 0.05) is 4.47 Å². The van der Waals surface area contributed by atoms with Crippen molar-refractivity contribution in [3.05, 3.63) is 63.6 Å². The van der Waals surface area contributed by atoms with Crippen LogP contribution >= 0.6 is 27.5 Å². The topological polar surface area (TPSA) is 9.23 Å². The summed E-state index contributed by atoms with van der Waals surface area (Å²) in [7, 11) is 1.68. The molecule has 2 aromatic carbocycles. The molecular formula is C16H16BrClO. The van der Waals surface area contributed by atoms with Crippen molar-refractivity contribution in [2.45, 2.75) is 18.7 Å². The molecular weight excluding hydrogens is 324 g/mol. The minimum atomic E-state index is -0.0212. The Morgan fingerprint density at radius 3 is 2.42 bits per heavy atom. The van der Waals surface area contributed by atoms with E-state index in [9.17, 15) is 0 Å². The first-order valence-corrected chi connectivity index (χ1v) is 7.36. The second kappa shape index (κ2) is 6.44. The number of methoxy groups -OCH3 is 1. The summed E-state index contributed by atoms with van der Waals surface area (Å²) in [6, 6.07) is 14.3. The molecule has 0 N–H and O–H groups in total. The average Bonchev–Trinajstić information content (AvgIpc) is 2.41. The van der Waals surface area contributed by atoms with E-state index < -0.39 is 0 Å². The molecule has 0 amide bonds. The van der Waals surface area contributed by atoms with Gasteiger partial charge in [-0.05, 0) is 54.3 Å². The van der Waals surface area contributed by atoms with Crippen LogP contribution in [0.4, 0.5) is 0 Å². The molecule has 0 radical (unpaired) electrons. The van der Waals surface area contributed by atoms with Crippen molar-refractivity contribution in [2.75, 3.05) is 7.11 Å². The Labute approximate surface area is 127 Å². The van der Waals surface area contributed by atoms with Gasteiger partial charge in [-0.1, -0.05) is 34.1 Å². The highest BCUT2D eigenvalue weighted by Crippen LogP contribution is 2.30. The van der Waals surface area contributed by atoms with E-state index in [1.165, 1.54) is 5.56 Å². The maximum absolute atomic E-state index is 6.53. The molecule has 0 aliphatic rings. The number of ether oxygens (including phenoxy) is 1. The van der Waals surface area contributed by atoms with Gasteiger partial charge in [0.1, 0.15) is 5.75 Å². The molecule has 100 valence electrons. The van der Waals surface area contributed by atoms with Crippen LogP contribution in [0.1, 0.15) is 22.1 Å². The Morgan fingerprint density at radius 1 is 1.16 bits per heavy atom.